The Kier molecular flexibility index (Phi) is 6.61. The number of likely N-dealkylation sites (tertiary alicyclic amines) is 1. The van der Waals surface area contributed by atoms with Crippen LogP contribution in [-0.4, -0.2) is 44.3 Å². The average Bonchev–Trinajstić information content (AvgIpc) is 2.74. The lowest BCUT2D eigenvalue weighted by molar-refractivity contribution is 0.171. The summed E-state index contributed by atoms with van der Waals surface area (Å²) in [4.78, 5) is 4.59. The van der Waals surface area contributed by atoms with E-state index in [9.17, 15) is 8.78 Å². The van der Waals surface area contributed by atoms with E-state index in [2.05, 4.69) is 16.4 Å². The van der Waals surface area contributed by atoms with Crippen molar-refractivity contribution in [1.82, 2.24) is 4.90 Å². The largest absolute Gasteiger partial charge is 0.493 e. The first-order valence-electron chi connectivity index (χ1n) is 10.8. The zero-order valence-corrected chi connectivity index (χ0v) is 17.7. The zero-order valence-electron chi connectivity index (χ0n) is 17.7. The van der Waals surface area contributed by atoms with Crippen molar-refractivity contribution in [2.24, 2.45) is 5.92 Å². The molecule has 0 saturated carbocycles. The second-order valence-corrected chi connectivity index (χ2v) is 8.22. The van der Waals surface area contributed by atoms with Crippen LogP contribution in [0, 0.1) is 17.6 Å². The Morgan fingerprint density at radius 2 is 1.87 bits per heavy atom. The molecule has 2 aliphatic heterocycles. The van der Waals surface area contributed by atoms with Crippen molar-refractivity contribution in [1.29, 1.82) is 0 Å². The molecule has 5 nitrogen and oxygen atoms in total. The Morgan fingerprint density at radius 1 is 1.13 bits per heavy atom. The van der Waals surface area contributed by atoms with Crippen LogP contribution in [0.25, 0.3) is 0 Å². The molecule has 1 fully saturated rings. The lowest BCUT2D eigenvalue weighted by Crippen LogP contribution is -2.40. The molecular weight excluding hydrogens is 400 g/mol. The highest BCUT2D eigenvalue weighted by atomic mass is 19.1. The highest BCUT2D eigenvalue weighted by Gasteiger charge is 2.25. The lowest BCUT2D eigenvalue weighted by atomic mass is 9.94. The molecule has 0 spiro atoms. The number of ether oxygens (including phenoxy) is 2. The van der Waals surface area contributed by atoms with Crippen LogP contribution in [0.1, 0.15) is 19.3 Å². The molecule has 2 aromatic carbocycles. The summed E-state index contributed by atoms with van der Waals surface area (Å²) in [7, 11) is 0. The lowest BCUT2D eigenvalue weighted by Gasteiger charge is -2.37. The van der Waals surface area contributed by atoms with Crippen molar-refractivity contribution < 1.29 is 18.3 Å². The van der Waals surface area contributed by atoms with Crippen molar-refractivity contribution >= 4 is 11.4 Å². The van der Waals surface area contributed by atoms with Crippen LogP contribution in [-0.2, 0) is 0 Å². The van der Waals surface area contributed by atoms with Gasteiger partial charge < -0.3 is 20.1 Å². The summed E-state index contributed by atoms with van der Waals surface area (Å²) in [5, 5.41) is 0. The van der Waals surface area contributed by atoms with Gasteiger partial charge in [0.05, 0.1) is 18.8 Å². The van der Waals surface area contributed by atoms with E-state index in [1.54, 1.807) is 0 Å². The third-order valence-electron chi connectivity index (χ3n) is 6.00. The van der Waals surface area contributed by atoms with E-state index < -0.39 is 11.6 Å². The maximum Gasteiger partial charge on any atom is 0.145 e. The van der Waals surface area contributed by atoms with Gasteiger partial charge in [-0.2, -0.15) is 0 Å². The number of piperidine rings is 1. The number of hydrogen-bond donors (Lipinski definition) is 1. The van der Waals surface area contributed by atoms with E-state index in [0.717, 1.165) is 68.6 Å². The maximum atomic E-state index is 13.2. The number of benzene rings is 2. The first-order chi connectivity index (χ1) is 15.0. The highest BCUT2D eigenvalue weighted by Crippen LogP contribution is 2.38. The molecule has 0 aromatic heterocycles. The summed E-state index contributed by atoms with van der Waals surface area (Å²) in [5.74, 6) is 0.365. The van der Waals surface area contributed by atoms with Crippen molar-refractivity contribution in [3.8, 4) is 11.5 Å². The maximum absolute atomic E-state index is 13.2. The fourth-order valence-corrected chi connectivity index (χ4v) is 4.35. The van der Waals surface area contributed by atoms with Crippen LogP contribution in [0.5, 0.6) is 11.5 Å². The summed E-state index contributed by atoms with van der Waals surface area (Å²) < 4.78 is 37.8. The minimum atomic E-state index is -0.617. The topological polar surface area (TPSA) is 51.0 Å². The number of anilines is 2. The quantitative estimate of drug-likeness (QED) is 0.660. The van der Waals surface area contributed by atoms with E-state index in [-0.39, 0.29) is 5.75 Å². The molecule has 0 radical (unpaired) electrons. The second-order valence-electron chi connectivity index (χ2n) is 8.22. The van der Waals surface area contributed by atoms with Gasteiger partial charge in [-0.1, -0.05) is 12.6 Å². The van der Waals surface area contributed by atoms with Gasteiger partial charge in [0, 0.05) is 30.4 Å². The summed E-state index contributed by atoms with van der Waals surface area (Å²) in [6, 6.07) is 9.01. The average molecular weight is 430 g/mol. The second kappa shape index (κ2) is 9.56. The summed E-state index contributed by atoms with van der Waals surface area (Å²) in [5.41, 5.74) is 8.84. The van der Waals surface area contributed by atoms with Crippen LogP contribution in [0.15, 0.2) is 48.7 Å². The van der Waals surface area contributed by atoms with Crippen LogP contribution in [0.3, 0.4) is 0 Å². The molecule has 2 aliphatic rings. The standard InChI is InChI=1S/C24H29F2N3O2/c1-17(29-10-12-31-23-4-2-3-22(27)24(23)29)16-28-8-5-18(6-9-28)7-11-30-21-14-19(25)13-20(26)15-21/h2-4,13-15,18H,1,5-12,16,27H2. The van der Waals surface area contributed by atoms with E-state index >= 15 is 0 Å². The van der Waals surface area contributed by atoms with E-state index in [1.165, 1.54) is 12.1 Å². The molecule has 4 rings (SSSR count). The summed E-state index contributed by atoms with van der Waals surface area (Å²) in [6.45, 7) is 8.91. The SMILES string of the molecule is C=C(CN1CCC(CCOc2cc(F)cc(F)c2)CC1)N1CCOc2cccc(N)c21. The Morgan fingerprint density at radius 3 is 2.61 bits per heavy atom. The molecule has 2 heterocycles. The van der Waals surface area contributed by atoms with Gasteiger partial charge in [0.25, 0.3) is 0 Å². The minimum Gasteiger partial charge on any atom is -0.493 e. The number of halogens is 2. The highest BCUT2D eigenvalue weighted by molar-refractivity contribution is 5.77. The zero-order chi connectivity index (χ0) is 21.8. The number of fused-ring (bicyclic) bond motifs is 1. The number of nitrogens with zero attached hydrogens (tertiary/aromatic N) is 2. The molecule has 31 heavy (non-hydrogen) atoms. The predicted molar refractivity (Wildman–Crippen MR) is 118 cm³/mol. The molecule has 166 valence electrons. The van der Waals surface area contributed by atoms with Crippen LogP contribution >= 0.6 is 0 Å². The number of para-hydroxylation sites is 1. The van der Waals surface area contributed by atoms with Crippen LogP contribution in [0.4, 0.5) is 20.2 Å². The van der Waals surface area contributed by atoms with Gasteiger partial charge in [-0.25, -0.2) is 8.78 Å². The number of nitrogens with two attached hydrogens (primary N) is 1. The molecule has 2 aromatic rings. The van der Waals surface area contributed by atoms with Crippen molar-refractivity contribution in [3.63, 3.8) is 0 Å². The molecular formula is C24H29F2N3O2. The fourth-order valence-electron chi connectivity index (χ4n) is 4.35. The third kappa shape index (κ3) is 5.28. The van der Waals surface area contributed by atoms with Gasteiger partial charge in [0.15, 0.2) is 0 Å². The molecule has 1 saturated heterocycles. The summed E-state index contributed by atoms with van der Waals surface area (Å²) in [6.07, 6.45) is 3.01. The van der Waals surface area contributed by atoms with Crippen LogP contribution < -0.4 is 20.1 Å². The first kappa shape index (κ1) is 21.4. The van der Waals surface area contributed by atoms with Gasteiger partial charge in [-0.15, -0.1) is 0 Å². The third-order valence-corrected chi connectivity index (χ3v) is 6.00. The van der Waals surface area contributed by atoms with Crippen molar-refractivity contribution in [2.45, 2.75) is 19.3 Å². The Bertz CT molecular complexity index is 909. The van der Waals surface area contributed by atoms with E-state index in [4.69, 9.17) is 15.2 Å². The molecule has 0 unspecified atom stereocenters. The molecule has 0 aliphatic carbocycles. The smallest absolute Gasteiger partial charge is 0.145 e. The van der Waals surface area contributed by atoms with Gasteiger partial charge in [-0.05, 0) is 50.4 Å². The fraction of sp³-hybridized carbons (Fsp3) is 0.417. The molecule has 0 atom stereocenters. The van der Waals surface area contributed by atoms with Gasteiger partial charge in [0.1, 0.15) is 35.4 Å². The van der Waals surface area contributed by atoms with Crippen molar-refractivity contribution in [2.75, 3.05) is 50.0 Å². The van der Waals surface area contributed by atoms with E-state index in [1.807, 2.05) is 18.2 Å². The molecule has 7 heteroatoms. The number of rotatable bonds is 7. The van der Waals surface area contributed by atoms with E-state index in [0.29, 0.717) is 24.8 Å². The normalized spacial score (nSPS) is 17.2. The Balaban J connectivity index is 1.23. The monoisotopic (exact) mass is 429 g/mol. The van der Waals surface area contributed by atoms with Crippen molar-refractivity contribution in [3.05, 3.63) is 60.3 Å². The molecule has 0 amide bonds. The summed E-state index contributed by atoms with van der Waals surface area (Å²) >= 11 is 0. The Labute approximate surface area is 182 Å². The molecule has 2 N–H and O–H groups in total. The minimum absolute atomic E-state index is 0.247. The number of hydrogen-bond acceptors (Lipinski definition) is 5. The van der Waals surface area contributed by atoms with Gasteiger partial charge in [0.2, 0.25) is 0 Å². The van der Waals surface area contributed by atoms with Gasteiger partial charge in [-0.3, -0.25) is 4.90 Å². The first-order valence-corrected chi connectivity index (χ1v) is 10.8. The number of nitrogen functional groups attached to an aromatic ring is 1. The Hall–Kier alpha value is -2.80. The van der Waals surface area contributed by atoms with Crippen LogP contribution in [0.2, 0.25) is 0 Å². The van der Waals surface area contributed by atoms with Gasteiger partial charge >= 0.3 is 0 Å². The molecule has 0 bridgehead atoms. The predicted octanol–water partition coefficient (Wildman–Crippen LogP) is 4.44.